The van der Waals surface area contributed by atoms with Gasteiger partial charge in [-0.05, 0) is 52.4 Å². The zero-order valence-corrected chi connectivity index (χ0v) is 21.0. The Kier molecular flexibility index (Phi) is 12.6. The molecule has 6 atom stereocenters. The summed E-state index contributed by atoms with van der Waals surface area (Å²) in [4.78, 5) is 10.7. The molecule has 0 aromatic carbocycles. The van der Waals surface area contributed by atoms with Gasteiger partial charge in [0.25, 0.3) is 0 Å². The van der Waals surface area contributed by atoms with Crippen LogP contribution in [-0.2, 0) is 19.0 Å². The van der Waals surface area contributed by atoms with Gasteiger partial charge in [-0.2, -0.15) is 0 Å². The molecule has 0 aromatic heterocycles. The molecular formula is C26H48O7. The second kappa shape index (κ2) is 14.6. The Balaban J connectivity index is 1.68. The quantitative estimate of drug-likeness (QED) is 0.257. The normalized spacial score (nSPS) is 28.8. The van der Waals surface area contributed by atoms with Crippen LogP contribution in [0.15, 0.2) is 0 Å². The highest BCUT2D eigenvalue weighted by Crippen LogP contribution is 2.35. The number of hydrogen-bond donors (Lipinski definition) is 3. The highest BCUT2D eigenvalue weighted by Gasteiger charge is 2.41. The molecule has 0 aromatic rings. The molecule has 2 rings (SSSR count). The molecule has 3 N–H and O–H groups in total. The average molecular weight is 473 g/mol. The summed E-state index contributed by atoms with van der Waals surface area (Å²) in [6, 6.07) is 0. The SMILES string of the molecule is CCCCCCCCCC[C@@H]1OC(C)(C)O[C@@H]1CC[C@@H](O)[C@H]1CC[C@H]([C@H](O)CCC(=O)O)O1. The van der Waals surface area contributed by atoms with Crippen molar-refractivity contribution in [2.45, 2.75) is 159 Å². The van der Waals surface area contributed by atoms with Gasteiger partial charge in [-0.3, -0.25) is 4.79 Å². The lowest BCUT2D eigenvalue weighted by Crippen LogP contribution is -2.32. The molecule has 0 radical (unpaired) electrons. The van der Waals surface area contributed by atoms with Gasteiger partial charge in [-0.1, -0.05) is 58.3 Å². The molecule has 2 heterocycles. The largest absolute Gasteiger partial charge is 0.481 e. The highest BCUT2D eigenvalue weighted by atomic mass is 16.7. The lowest BCUT2D eigenvalue weighted by atomic mass is 9.97. The molecular weight excluding hydrogens is 424 g/mol. The Morgan fingerprint density at radius 2 is 1.36 bits per heavy atom. The summed E-state index contributed by atoms with van der Waals surface area (Å²) < 4.78 is 18.2. The van der Waals surface area contributed by atoms with Crippen LogP contribution in [0.1, 0.15) is 117 Å². The third-order valence-electron chi connectivity index (χ3n) is 6.97. The Morgan fingerprint density at radius 3 is 1.94 bits per heavy atom. The first-order valence-electron chi connectivity index (χ1n) is 13.3. The number of aliphatic carboxylic acids is 1. The van der Waals surface area contributed by atoms with Gasteiger partial charge in [0.2, 0.25) is 0 Å². The molecule has 2 saturated heterocycles. The second-order valence-electron chi connectivity index (χ2n) is 10.4. The molecule has 194 valence electrons. The lowest BCUT2D eigenvalue weighted by Gasteiger charge is -2.23. The minimum absolute atomic E-state index is 0.0300. The van der Waals surface area contributed by atoms with Gasteiger partial charge in [0.1, 0.15) is 0 Å². The molecule has 0 aliphatic carbocycles. The van der Waals surface area contributed by atoms with Crippen LogP contribution in [0.25, 0.3) is 0 Å². The summed E-state index contributed by atoms with van der Waals surface area (Å²) in [5, 5.41) is 29.6. The Labute approximate surface area is 200 Å². The molecule has 0 bridgehead atoms. The van der Waals surface area contributed by atoms with Gasteiger partial charge < -0.3 is 29.5 Å². The van der Waals surface area contributed by atoms with Crippen molar-refractivity contribution < 1.29 is 34.3 Å². The molecule has 0 saturated carbocycles. The van der Waals surface area contributed by atoms with Crippen molar-refractivity contribution in [3.8, 4) is 0 Å². The fourth-order valence-corrected chi connectivity index (χ4v) is 5.11. The van der Waals surface area contributed by atoms with E-state index in [1.807, 2.05) is 13.8 Å². The fourth-order valence-electron chi connectivity index (χ4n) is 5.11. The zero-order chi connectivity index (χ0) is 24.3. The van der Waals surface area contributed by atoms with Crippen molar-refractivity contribution in [1.29, 1.82) is 0 Å². The van der Waals surface area contributed by atoms with Crippen molar-refractivity contribution >= 4 is 5.97 Å². The van der Waals surface area contributed by atoms with Crippen molar-refractivity contribution in [3.05, 3.63) is 0 Å². The molecule has 2 fully saturated rings. The number of hydrogen-bond acceptors (Lipinski definition) is 6. The van der Waals surface area contributed by atoms with Gasteiger partial charge in [0.05, 0.1) is 36.6 Å². The second-order valence-corrected chi connectivity index (χ2v) is 10.4. The van der Waals surface area contributed by atoms with Crippen molar-refractivity contribution in [3.63, 3.8) is 0 Å². The molecule has 33 heavy (non-hydrogen) atoms. The third kappa shape index (κ3) is 10.6. The van der Waals surface area contributed by atoms with Crippen LogP contribution < -0.4 is 0 Å². The first kappa shape index (κ1) is 28.5. The topological polar surface area (TPSA) is 105 Å². The van der Waals surface area contributed by atoms with Crippen molar-refractivity contribution in [1.82, 2.24) is 0 Å². The summed E-state index contributed by atoms with van der Waals surface area (Å²) in [5.74, 6) is -1.52. The van der Waals surface area contributed by atoms with Crippen molar-refractivity contribution in [2.75, 3.05) is 0 Å². The molecule has 2 aliphatic heterocycles. The number of aliphatic hydroxyl groups excluding tert-OH is 2. The van der Waals surface area contributed by atoms with E-state index in [1.54, 1.807) is 0 Å². The van der Waals surface area contributed by atoms with Crippen molar-refractivity contribution in [2.24, 2.45) is 0 Å². The van der Waals surface area contributed by atoms with Gasteiger partial charge in [0, 0.05) is 6.42 Å². The van der Waals surface area contributed by atoms with E-state index in [9.17, 15) is 15.0 Å². The van der Waals surface area contributed by atoms with Crippen LogP contribution in [0.4, 0.5) is 0 Å². The van der Waals surface area contributed by atoms with E-state index in [1.165, 1.54) is 44.9 Å². The molecule has 2 aliphatic rings. The minimum Gasteiger partial charge on any atom is -0.481 e. The molecule has 0 spiro atoms. The van der Waals surface area contributed by atoms with Gasteiger partial charge in [0.15, 0.2) is 5.79 Å². The van der Waals surface area contributed by atoms with Crippen LogP contribution in [0.3, 0.4) is 0 Å². The first-order valence-corrected chi connectivity index (χ1v) is 13.3. The first-order chi connectivity index (χ1) is 15.7. The van der Waals surface area contributed by atoms with Crippen LogP contribution in [0.2, 0.25) is 0 Å². The van der Waals surface area contributed by atoms with Crippen LogP contribution in [0.5, 0.6) is 0 Å². The van der Waals surface area contributed by atoms with E-state index >= 15 is 0 Å². The number of rotatable bonds is 17. The molecule has 0 amide bonds. The van der Waals surface area contributed by atoms with E-state index < -0.39 is 30.1 Å². The van der Waals surface area contributed by atoms with Gasteiger partial charge in [-0.25, -0.2) is 0 Å². The number of carbonyl (C=O) groups is 1. The highest BCUT2D eigenvalue weighted by molar-refractivity contribution is 5.66. The predicted molar refractivity (Wildman–Crippen MR) is 127 cm³/mol. The standard InChI is InChI=1S/C26H48O7/c1-4-5-6-7-8-9-10-11-12-23-24(33-26(2,3)32-23)15-13-19(27)21-16-17-22(31-21)20(28)14-18-25(29)30/h19-24,27-28H,4-18H2,1-3H3,(H,29,30)/t19-,20-,21-,22-,23+,24-/m1/s1. The number of carboxylic acid groups (broad SMARTS) is 1. The maximum absolute atomic E-state index is 10.7. The van der Waals surface area contributed by atoms with E-state index in [-0.39, 0.29) is 31.2 Å². The summed E-state index contributed by atoms with van der Waals surface area (Å²) in [5.41, 5.74) is 0. The number of ether oxygens (including phenoxy) is 3. The van der Waals surface area contributed by atoms with E-state index in [4.69, 9.17) is 19.3 Å². The maximum Gasteiger partial charge on any atom is 0.303 e. The molecule has 0 unspecified atom stereocenters. The van der Waals surface area contributed by atoms with Gasteiger partial charge >= 0.3 is 5.97 Å². The van der Waals surface area contributed by atoms with Crippen LogP contribution in [-0.4, -0.2) is 63.7 Å². The number of unbranched alkanes of at least 4 members (excludes halogenated alkanes) is 7. The monoisotopic (exact) mass is 472 g/mol. The Bertz CT molecular complexity index is 553. The summed E-state index contributed by atoms with van der Waals surface area (Å²) in [6.07, 6.45) is 11.8. The lowest BCUT2D eigenvalue weighted by molar-refractivity contribution is -0.148. The van der Waals surface area contributed by atoms with E-state index in [2.05, 4.69) is 6.92 Å². The minimum atomic E-state index is -0.924. The molecule has 7 heteroatoms. The van der Waals surface area contributed by atoms with Crippen LogP contribution in [0, 0.1) is 0 Å². The average Bonchev–Trinajstić information content (AvgIpc) is 3.36. The summed E-state index contributed by atoms with van der Waals surface area (Å²) in [7, 11) is 0. The third-order valence-corrected chi connectivity index (χ3v) is 6.97. The maximum atomic E-state index is 10.7. The summed E-state index contributed by atoms with van der Waals surface area (Å²) in [6.45, 7) is 6.15. The number of carboxylic acids is 1. The Hall–Kier alpha value is -0.730. The predicted octanol–water partition coefficient (Wildman–Crippen LogP) is 4.95. The van der Waals surface area contributed by atoms with Crippen LogP contribution >= 0.6 is 0 Å². The fraction of sp³-hybridized carbons (Fsp3) is 0.962. The number of aliphatic hydroxyl groups is 2. The Morgan fingerprint density at radius 1 is 0.848 bits per heavy atom. The molecule has 7 nitrogen and oxygen atoms in total. The summed E-state index contributed by atoms with van der Waals surface area (Å²) >= 11 is 0. The van der Waals surface area contributed by atoms with E-state index in [0.717, 1.165) is 12.8 Å². The zero-order valence-electron chi connectivity index (χ0n) is 21.0. The smallest absolute Gasteiger partial charge is 0.303 e. The van der Waals surface area contributed by atoms with Gasteiger partial charge in [-0.15, -0.1) is 0 Å². The van der Waals surface area contributed by atoms with E-state index in [0.29, 0.717) is 25.7 Å².